The number of aromatic nitrogens is 2. The minimum atomic E-state index is -0.402. The first-order chi connectivity index (χ1) is 17.4. The number of nitrogens with zero attached hydrogens (tertiary/aromatic N) is 4. The van der Waals surface area contributed by atoms with Crippen LogP contribution in [0.25, 0.3) is 10.9 Å². The average molecular weight is 492 g/mol. The lowest BCUT2D eigenvalue weighted by Gasteiger charge is -2.36. The molecular formula is C28H34FN5O2. The lowest BCUT2D eigenvalue weighted by Crippen LogP contribution is -2.37. The minimum absolute atomic E-state index is 0.177. The molecule has 5 rings (SSSR count). The van der Waals surface area contributed by atoms with Gasteiger partial charge in [0.15, 0.2) is 0 Å². The molecule has 2 saturated heterocycles. The number of morpholine rings is 1. The van der Waals surface area contributed by atoms with Crippen molar-refractivity contribution < 1.29 is 13.9 Å². The van der Waals surface area contributed by atoms with Gasteiger partial charge in [-0.15, -0.1) is 0 Å². The minimum Gasteiger partial charge on any atom is -0.378 e. The van der Waals surface area contributed by atoms with Crippen molar-refractivity contribution in [3.05, 3.63) is 65.4 Å². The van der Waals surface area contributed by atoms with Crippen LogP contribution in [0.5, 0.6) is 0 Å². The Morgan fingerprint density at radius 3 is 2.64 bits per heavy atom. The summed E-state index contributed by atoms with van der Waals surface area (Å²) in [5, 5.41) is 3.87. The van der Waals surface area contributed by atoms with Crippen LogP contribution in [0.1, 0.15) is 48.2 Å². The van der Waals surface area contributed by atoms with Crippen molar-refractivity contribution in [2.75, 3.05) is 44.3 Å². The molecule has 8 heteroatoms. The van der Waals surface area contributed by atoms with Gasteiger partial charge in [-0.25, -0.2) is 4.98 Å². The van der Waals surface area contributed by atoms with E-state index in [4.69, 9.17) is 4.74 Å². The van der Waals surface area contributed by atoms with E-state index in [1.807, 2.05) is 30.3 Å². The van der Waals surface area contributed by atoms with E-state index in [0.29, 0.717) is 48.4 Å². The number of amides is 1. The monoisotopic (exact) mass is 491 g/mol. The molecule has 0 saturated carbocycles. The summed E-state index contributed by atoms with van der Waals surface area (Å²) >= 11 is 0. The molecule has 2 aromatic heterocycles. The molecule has 2 aliphatic rings. The molecule has 190 valence electrons. The standard InChI is InChI=1S/C28H34FN5O2/c1-28(2)5-7-33(8-6-28)19-23-14-21-13-20(3-4-25(21)32-26(23)29)16-31-27(35)22-15-24(18-30-17-22)34-9-11-36-12-10-34/h3-4,13-15,17-18H,5-12,16,19H2,1-2H3,(H,31,35). The van der Waals surface area contributed by atoms with Gasteiger partial charge in [0.2, 0.25) is 5.95 Å². The Hall–Kier alpha value is -3.10. The summed E-state index contributed by atoms with van der Waals surface area (Å²) in [7, 11) is 0. The normalized spacial score (nSPS) is 18.4. The van der Waals surface area contributed by atoms with Crippen molar-refractivity contribution in [1.29, 1.82) is 0 Å². The number of pyridine rings is 2. The number of anilines is 1. The van der Waals surface area contributed by atoms with Crippen LogP contribution in [0, 0.1) is 11.4 Å². The molecule has 1 amide bonds. The summed E-state index contributed by atoms with van der Waals surface area (Å²) in [6.45, 7) is 10.4. The van der Waals surface area contributed by atoms with Crippen LogP contribution in [-0.4, -0.2) is 60.2 Å². The second kappa shape index (κ2) is 10.5. The van der Waals surface area contributed by atoms with Gasteiger partial charge in [0.1, 0.15) is 0 Å². The predicted octanol–water partition coefficient (Wildman–Crippen LogP) is 4.16. The highest BCUT2D eigenvalue weighted by molar-refractivity contribution is 5.94. The maximum atomic E-state index is 14.7. The number of fused-ring (bicyclic) bond motifs is 1. The van der Waals surface area contributed by atoms with Crippen molar-refractivity contribution >= 4 is 22.5 Å². The molecule has 0 spiro atoms. The van der Waals surface area contributed by atoms with Crippen LogP contribution in [-0.2, 0) is 17.8 Å². The molecule has 2 fully saturated rings. The van der Waals surface area contributed by atoms with E-state index in [2.05, 4.69) is 38.9 Å². The van der Waals surface area contributed by atoms with Gasteiger partial charge in [-0.3, -0.25) is 14.7 Å². The third-order valence-corrected chi connectivity index (χ3v) is 7.32. The van der Waals surface area contributed by atoms with Gasteiger partial charge in [-0.05, 0) is 61.2 Å². The van der Waals surface area contributed by atoms with Crippen LogP contribution < -0.4 is 10.2 Å². The summed E-state index contributed by atoms with van der Waals surface area (Å²) in [5.74, 6) is -0.579. The Morgan fingerprint density at radius 1 is 1.08 bits per heavy atom. The molecule has 0 atom stereocenters. The first kappa shape index (κ1) is 24.6. The van der Waals surface area contributed by atoms with Crippen molar-refractivity contribution in [2.45, 2.75) is 39.8 Å². The van der Waals surface area contributed by atoms with Crippen LogP contribution in [0.15, 0.2) is 42.7 Å². The lowest BCUT2D eigenvalue weighted by atomic mass is 9.82. The number of rotatable bonds is 6. The molecule has 0 aliphatic carbocycles. The largest absolute Gasteiger partial charge is 0.378 e. The third-order valence-electron chi connectivity index (χ3n) is 7.32. The molecule has 1 N–H and O–H groups in total. The molecule has 0 bridgehead atoms. The van der Waals surface area contributed by atoms with E-state index in [1.54, 1.807) is 12.4 Å². The van der Waals surface area contributed by atoms with Crippen LogP contribution >= 0.6 is 0 Å². The number of halogens is 1. The van der Waals surface area contributed by atoms with E-state index in [1.165, 1.54) is 0 Å². The van der Waals surface area contributed by atoms with Crippen molar-refractivity contribution in [3.63, 3.8) is 0 Å². The maximum Gasteiger partial charge on any atom is 0.253 e. The highest BCUT2D eigenvalue weighted by Gasteiger charge is 2.26. The number of hydrogen-bond acceptors (Lipinski definition) is 6. The molecule has 3 aromatic rings. The summed E-state index contributed by atoms with van der Waals surface area (Å²) in [6.07, 6.45) is 5.59. The van der Waals surface area contributed by atoms with Crippen molar-refractivity contribution in [1.82, 2.24) is 20.2 Å². The van der Waals surface area contributed by atoms with E-state index in [-0.39, 0.29) is 5.91 Å². The van der Waals surface area contributed by atoms with Gasteiger partial charge < -0.3 is 15.0 Å². The van der Waals surface area contributed by atoms with Gasteiger partial charge >= 0.3 is 0 Å². The number of carbonyl (C=O) groups is 1. The quantitative estimate of drug-likeness (QED) is 0.523. The first-order valence-electron chi connectivity index (χ1n) is 12.7. The predicted molar refractivity (Wildman–Crippen MR) is 138 cm³/mol. The number of hydrogen-bond donors (Lipinski definition) is 1. The van der Waals surface area contributed by atoms with E-state index in [0.717, 1.165) is 55.7 Å². The summed E-state index contributed by atoms with van der Waals surface area (Å²) < 4.78 is 20.1. The summed E-state index contributed by atoms with van der Waals surface area (Å²) in [5.41, 5.74) is 3.98. The first-order valence-corrected chi connectivity index (χ1v) is 12.7. The van der Waals surface area contributed by atoms with Gasteiger partial charge in [0.25, 0.3) is 5.91 Å². The Labute approximate surface area is 211 Å². The summed E-state index contributed by atoms with van der Waals surface area (Å²) in [6, 6.07) is 9.44. The zero-order valence-electron chi connectivity index (χ0n) is 21.1. The average Bonchev–Trinajstić information content (AvgIpc) is 2.89. The zero-order valence-corrected chi connectivity index (χ0v) is 21.1. The fourth-order valence-electron chi connectivity index (χ4n) is 4.86. The highest BCUT2D eigenvalue weighted by Crippen LogP contribution is 2.31. The second-order valence-electron chi connectivity index (χ2n) is 10.6. The Balaban J connectivity index is 1.25. The Morgan fingerprint density at radius 2 is 1.86 bits per heavy atom. The zero-order chi connectivity index (χ0) is 25.1. The van der Waals surface area contributed by atoms with Crippen molar-refractivity contribution in [2.24, 2.45) is 5.41 Å². The van der Waals surface area contributed by atoms with Gasteiger partial charge in [0.05, 0.1) is 36.2 Å². The molecule has 0 unspecified atom stereocenters. The molecule has 2 aliphatic heterocycles. The second-order valence-corrected chi connectivity index (χ2v) is 10.6. The molecular weight excluding hydrogens is 457 g/mol. The fraction of sp³-hybridized carbons (Fsp3) is 0.464. The van der Waals surface area contributed by atoms with Crippen LogP contribution in [0.3, 0.4) is 0 Å². The highest BCUT2D eigenvalue weighted by atomic mass is 19.1. The van der Waals surface area contributed by atoms with E-state index < -0.39 is 5.95 Å². The van der Waals surface area contributed by atoms with Crippen molar-refractivity contribution in [3.8, 4) is 0 Å². The van der Waals surface area contributed by atoms with E-state index in [9.17, 15) is 9.18 Å². The summed E-state index contributed by atoms with van der Waals surface area (Å²) in [4.78, 5) is 25.8. The van der Waals surface area contributed by atoms with Crippen LogP contribution in [0.4, 0.5) is 10.1 Å². The smallest absolute Gasteiger partial charge is 0.253 e. The van der Waals surface area contributed by atoms with Gasteiger partial charge in [-0.2, -0.15) is 4.39 Å². The maximum absolute atomic E-state index is 14.7. The Bertz CT molecular complexity index is 1230. The van der Waals surface area contributed by atoms with Gasteiger partial charge in [0, 0.05) is 43.3 Å². The molecule has 4 heterocycles. The molecule has 0 radical (unpaired) electrons. The topological polar surface area (TPSA) is 70.6 Å². The number of benzene rings is 1. The molecule has 7 nitrogen and oxygen atoms in total. The van der Waals surface area contributed by atoms with Crippen LogP contribution in [0.2, 0.25) is 0 Å². The molecule has 1 aromatic carbocycles. The Kier molecular flexibility index (Phi) is 7.16. The number of likely N-dealkylation sites (tertiary alicyclic amines) is 1. The number of nitrogens with one attached hydrogen (secondary N) is 1. The molecule has 36 heavy (non-hydrogen) atoms. The number of ether oxygens (including phenoxy) is 1. The number of carbonyl (C=O) groups excluding carboxylic acids is 1. The number of piperidine rings is 1. The van der Waals surface area contributed by atoms with Gasteiger partial charge in [-0.1, -0.05) is 19.9 Å². The third kappa shape index (κ3) is 5.82. The van der Waals surface area contributed by atoms with E-state index >= 15 is 0 Å². The lowest BCUT2D eigenvalue weighted by molar-refractivity contribution is 0.0950. The SMILES string of the molecule is CC1(C)CCN(Cc2cc3cc(CNC(=O)c4cncc(N5CCOCC5)c4)ccc3nc2F)CC1. The fourth-order valence-corrected chi connectivity index (χ4v) is 4.86.